The van der Waals surface area contributed by atoms with Crippen molar-refractivity contribution in [1.29, 1.82) is 0 Å². The normalized spacial score (nSPS) is 18.6. The molecule has 0 saturated carbocycles. The number of carbonyl (C=O) groups is 2. The van der Waals surface area contributed by atoms with Gasteiger partial charge in [0, 0.05) is 42.3 Å². The van der Waals surface area contributed by atoms with Crippen LogP contribution in [0.25, 0.3) is 11.3 Å². The fraction of sp³-hybridized carbons (Fsp3) is 0.414. The molecule has 0 bridgehead atoms. The number of rotatable bonds is 9. The number of anilines is 1. The van der Waals surface area contributed by atoms with Crippen molar-refractivity contribution in [2.45, 2.75) is 48.7 Å². The lowest BCUT2D eigenvalue weighted by Gasteiger charge is -2.32. The topological polar surface area (TPSA) is 77.6 Å². The third kappa shape index (κ3) is 7.78. The lowest BCUT2D eigenvalue weighted by Crippen LogP contribution is -2.44. The maximum absolute atomic E-state index is 12.7. The van der Waals surface area contributed by atoms with Gasteiger partial charge in [-0.05, 0) is 69.1 Å². The minimum absolute atomic E-state index is 0.0336. The van der Waals surface area contributed by atoms with Gasteiger partial charge < -0.3 is 10.6 Å². The average molecular weight is 619 g/mol. The number of likely N-dealkylation sites (N-methyl/N-ethyl adjacent to an activating group) is 1. The van der Waals surface area contributed by atoms with Crippen molar-refractivity contribution < 1.29 is 9.59 Å². The Kier molecular flexibility index (Phi) is 10.0. The lowest BCUT2D eigenvalue weighted by atomic mass is 10.0. The zero-order valence-electron chi connectivity index (χ0n) is 22.4. The summed E-state index contributed by atoms with van der Waals surface area (Å²) in [5.41, 5.74) is 3.70. The summed E-state index contributed by atoms with van der Waals surface area (Å²) < 4.78 is 0.851. The second-order valence-corrected chi connectivity index (χ2v) is 13.3. The Bertz CT molecular complexity index is 1350. The number of likely N-dealkylation sites (tertiary alicyclic amines) is 2. The van der Waals surface area contributed by atoms with Crippen LogP contribution in [-0.4, -0.2) is 71.1 Å². The molecule has 3 heterocycles. The molecule has 11 heteroatoms. The van der Waals surface area contributed by atoms with Crippen LogP contribution in [0, 0.1) is 0 Å². The molecule has 2 amide bonds. The lowest BCUT2D eigenvalue weighted by molar-refractivity contribution is -0.120. The number of hydrogen-bond acceptors (Lipinski definition) is 7. The monoisotopic (exact) mass is 617 g/mol. The summed E-state index contributed by atoms with van der Waals surface area (Å²) in [5, 5.41) is 9.39. The fourth-order valence-electron chi connectivity index (χ4n) is 5.21. The highest BCUT2D eigenvalue weighted by molar-refractivity contribution is 8.01. The van der Waals surface area contributed by atoms with E-state index in [0.717, 1.165) is 78.7 Å². The van der Waals surface area contributed by atoms with Crippen LogP contribution in [0.5, 0.6) is 0 Å². The van der Waals surface area contributed by atoms with Crippen LogP contribution in [-0.2, 0) is 16.1 Å². The summed E-state index contributed by atoms with van der Waals surface area (Å²) in [4.78, 5) is 34.5. The molecule has 5 rings (SSSR count). The van der Waals surface area contributed by atoms with Crippen molar-refractivity contribution in [1.82, 2.24) is 20.1 Å². The Hall–Kier alpha value is -2.14. The van der Waals surface area contributed by atoms with E-state index in [1.165, 1.54) is 23.1 Å². The number of hydrogen-bond donors (Lipinski definition) is 2. The molecule has 1 aromatic heterocycles. The number of thioether (sulfide) groups is 1. The molecule has 3 aromatic rings. The zero-order chi connectivity index (χ0) is 28.1. The Balaban J connectivity index is 1.06. The first-order chi connectivity index (χ1) is 19.3. The highest BCUT2D eigenvalue weighted by Crippen LogP contribution is 2.30. The predicted molar refractivity (Wildman–Crippen MR) is 165 cm³/mol. The quantitative estimate of drug-likeness (QED) is 0.286. The third-order valence-corrected chi connectivity index (χ3v) is 10.2. The number of carbonyl (C=O) groups excluding carboxylic acids is 2. The van der Waals surface area contributed by atoms with E-state index in [-0.39, 0.29) is 23.9 Å². The van der Waals surface area contributed by atoms with Crippen molar-refractivity contribution in [3.05, 3.63) is 63.5 Å². The molecule has 2 aromatic carbocycles. The van der Waals surface area contributed by atoms with Crippen molar-refractivity contribution >= 4 is 63.8 Å². The highest BCUT2D eigenvalue weighted by atomic mass is 35.5. The molecule has 1 atom stereocenters. The van der Waals surface area contributed by atoms with Gasteiger partial charge in [0.15, 0.2) is 4.34 Å². The van der Waals surface area contributed by atoms with Crippen molar-refractivity contribution in [3.8, 4) is 11.3 Å². The summed E-state index contributed by atoms with van der Waals surface area (Å²) in [6.45, 7) is 3.62. The van der Waals surface area contributed by atoms with Crippen molar-refractivity contribution in [2.24, 2.45) is 0 Å². The van der Waals surface area contributed by atoms with E-state index in [4.69, 9.17) is 28.2 Å². The number of aromatic nitrogens is 1. The molecule has 40 heavy (non-hydrogen) atoms. The van der Waals surface area contributed by atoms with Crippen molar-refractivity contribution in [2.75, 3.05) is 37.8 Å². The van der Waals surface area contributed by atoms with Crippen LogP contribution in [0.1, 0.15) is 31.2 Å². The van der Waals surface area contributed by atoms with Crippen LogP contribution in [0.4, 0.5) is 5.69 Å². The number of piperidine rings is 1. The molecular formula is C29H33Cl2N5O2S2. The first-order valence-corrected chi connectivity index (χ1v) is 16.1. The van der Waals surface area contributed by atoms with Crippen LogP contribution in [0.3, 0.4) is 0 Å². The molecule has 2 aliphatic rings. The van der Waals surface area contributed by atoms with E-state index in [9.17, 15) is 9.59 Å². The first-order valence-electron chi connectivity index (χ1n) is 13.5. The number of halogens is 2. The van der Waals surface area contributed by atoms with Gasteiger partial charge in [-0.2, -0.15) is 0 Å². The van der Waals surface area contributed by atoms with E-state index in [1.807, 2.05) is 54.9 Å². The second kappa shape index (κ2) is 13.7. The van der Waals surface area contributed by atoms with Gasteiger partial charge in [-0.1, -0.05) is 53.2 Å². The Labute approximate surface area is 253 Å². The number of thiazole rings is 1. The summed E-state index contributed by atoms with van der Waals surface area (Å²) in [5.74, 6) is 0.405. The van der Waals surface area contributed by atoms with Crippen LogP contribution in [0.15, 0.2) is 52.2 Å². The maximum atomic E-state index is 12.7. The van der Waals surface area contributed by atoms with Gasteiger partial charge >= 0.3 is 0 Å². The molecule has 1 unspecified atom stereocenters. The predicted octanol–water partition coefficient (Wildman–Crippen LogP) is 6.02. The van der Waals surface area contributed by atoms with E-state index in [2.05, 4.69) is 20.4 Å². The number of nitrogens with zero attached hydrogens (tertiary/aromatic N) is 3. The zero-order valence-corrected chi connectivity index (χ0v) is 25.5. The number of nitrogens with one attached hydrogen (secondary N) is 2. The second-order valence-electron chi connectivity index (χ2n) is 10.4. The maximum Gasteiger partial charge on any atom is 0.241 e. The van der Waals surface area contributed by atoms with E-state index >= 15 is 0 Å². The smallest absolute Gasteiger partial charge is 0.241 e. The van der Waals surface area contributed by atoms with Gasteiger partial charge in [0.2, 0.25) is 11.8 Å². The highest BCUT2D eigenvalue weighted by Gasteiger charge is 2.27. The third-order valence-electron chi connectivity index (χ3n) is 7.40. The standard InChI is InChI=1S/C29H33Cl2N5O2S2/c1-35-11-3-6-26(35)28(38)33-22-5-2-4-20(15-22)25-17-39-29(34-25)40-18-27(37)32-21-9-12-36(13-10-21)16-19-7-8-23(30)24(31)14-19/h2,4-5,7-8,14-15,17,21,26H,3,6,9-13,16,18H2,1H3,(H,32,37)(H,33,38). The Morgan fingerprint density at radius 3 is 2.65 bits per heavy atom. The van der Waals surface area contributed by atoms with Gasteiger partial charge in [0.05, 0.1) is 27.5 Å². The molecule has 2 saturated heterocycles. The molecular weight excluding hydrogens is 585 g/mol. The minimum Gasteiger partial charge on any atom is -0.353 e. The molecule has 2 aliphatic heterocycles. The molecule has 2 N–H and O–H groups in total. The minimum atomic E-state index is -0.0707. The summed E-state index contributed by atoms with van der Waals surface area (Å²) in [6, 6.07) is 13.7. The van der Waals surface area contributed by atoms with Gasteiger partial charge in [-0.15, -0.1) is 11.3 Å². The van der Waals surface area contributed by atoms with Gasteiger partial charge in [-0.3, -0.25) is 19.4 Å². The van der Waals surface area contributed by atoms with Crippen LogP contribution in [0.2, 0.25) is 10.0 Å². The molecule has 0 spiro atoms. The largest absolute Gasteiger partial charge is 0.353 e. The SMILES string of the molecule is CN1CCCC1C(=O)Nc1cccc(-c2csc(SCC(=O)NC3CCN(Cc4ccc(Cl)c(Cl)c4)CC3)n2)c1. The van der Waals surface area contributed by atoms with Crippen molar-refractivity contribution in [3.63, 3.8) is 0 Å². The average Bonchev–Trinajstić information content (AvgIpc) is 3.60. The molecule has 0 aliphatic carbocycles. The molecule has 0 radical (unpaired) electrons. The van der Waals surface area contributed by atoms with Crippen LogP contribution >= 0.6 is 46.3 Å². The summed E-state index contributed by atoms with van der Waals surface area (Å²) in [6.07, 6.45) is 3.78. The van der Waals surface area contributed by atoms with Gasteiger partial charge in [0.25, 0.3) is 0 Å². The fourth-order valence-corrected chi connectivity index (χ4v) is 7.17. The Morgan fingerprint density at radius 1 is 1.07 bits per heavy atom. The van der Waals surface area contributed by atoms with E-state index in [0.29, 0.717) is 15.8 Å². The number of amides is 2. The molecule has 212 valence electrons. The summed E-state index contributed by atoms with van der Waals surface area (Å²) >= 11 is 15.2. The number of benzene rings is 2. The summed E-state index contributed by atoms with van der Waals surface area (Å²) in [7, 11) is 1.99. The molecule has 7 nitrogen and oxygen atoms in total. The Morgan fingerprint density at radius 2 is 1.90 bits per heavy atom. The van der Waals surface area contributed by atoms with Gasteiger partial charge in [-0.25, -0.2) is 4.98 Å². The molecule has 2 fully saturated rings. The first kappa shape index (κ1) is 29.4. The van der Waals surface area contributed by atoms with Crippen LogP contribution < -0.4 is 10.6 Å². The van der Waals surface area contributed by atoms with E-state index < -0.39 is 0 Å². The van der Waals surface area contributed by atoms with E-state index in [1.54, 1.807) is 0 Å². The van der Waals surface area contributed by atoms with Gasteiger partial charge in [0.1, 0.15) is 0 Å².